The van der Waals surface area contributed by atoms with Crippen LogP contribution in [0.3, 0.4) is 0 Å². The predicted molar refractivity (Wildman–Crippen MR) is 100 cm³/mol. The molecule has 0 aliphatic rings. The highest BCUT2D eigenvalue weighted by Gasteiger charge is 2.28. The number of amides is 2. The molecule has 0 spiro atoms. The Hall–Kier alpha value is -2.04. The first-order chi connectivity index (χ1) is 11.7. The summed E-state index contributed by atoms with van der Waals surface area (Å²) in [6, 6.07) is 9.06. The van der Waals surface area contributed by atoms with Gasteiger partial charge in [-0.1, -0.05) is 57.0 Å². The number of alkyl carbamates (subject to hydrolysis) is 1. The molecule has 1 aromatic rings. The summed E-state index contributed by atoms with van der Waals surface area (Å²) in [6.07, 6.45) is 2.64. The Bertz CT molecular complexity index is 538. The lowest BCUT2D eigenvalue weighted by atomic mass is 9.93. The van der Waals surface area contributed by atoms with Gasteiger partial charge in [-0.15, -0.1) is 0 Å². The van der Waals surface area contributed by atoms with Crippen LogP contribution >= 0.6 is 0 Å². The van der Waals surface area contributed by atoms with Crippen molar-refractivity contribution in [3.05, 3.63) is 35.9 Å². The van der Waals surface area contributed by atoms with Gasteiger partial charge in [-0.2, -0.15) is 0 Å². The molecule has 5 heteroatoms. The van der Waals surface area contributed by atoms with Crippen molar-refractivity contribution in [2.45, 2.75) is 65.5 Å². The highest BCUT2D eigenvalue weighted by atomic mass is 16.6. The zero-order valence-corrected chi connectivity index (χ0v) is 16.1. The number of hydrogen-bond acceptors (Lipinski definition) is 3. The fourth-order valence-corrected chi connectivity index (χ4v) is 2.49. The fraction of sp³-hybridized carbons (Fsp3) is 0.600. The summed E-state index contributed by atoms with van der Waals surface area (Å²) < 4.78 is 5.35. The van der Waals surface area contributed by atoms with Crippen LogP contribution < -0.4 is 10.6 Å². The van der Waals surface area contributed by atoms with Crippen molar-refractivity contribution in [1.82, 2.24) is 10.6 Å². The van der Waals surface area contributed by atoms with Gasteiger partial charge in [0.15, 0.2) is 0 Å². The van der Waals surface area contributed by atoms with Crippen molar-refractivity contribution in [1.29, 1.82) is 0 Å². The maximum atomic E-state index is 12.5. The van der Waals surface area contributed by atoms with Crippen molar-refractivity contribution in [3.63, 3.8) is 0 Å². The van der Waals surface area contributed by atoms with Gasteiger partial charge >= 0.3 is 6.09 Å². The van der Waals surface area contributed by atoms with Gasteiger partial charge in [0.05, 0.1) is 12.0 Å². The normalized spacial score (nSPS) is 13.6. The first-order valence-electron chi connectivity index (χ1n) is 9.06. The molecule has 2 amide bonds. The first-order valence-corrected chi connectivity index (χ1v) is 9.06. The molecule has 0 saturated carbocycles. The van der Waals surface area contributed by atoms with E-state index in [4.69, 9.17) is 4.74 Å². The average Bonchev–Trinajstić information content (AvgIpc) is 2.55. The van der Waals surface area contributed by atoms with E-state index in [1.165, 1.54) is 0 Å². The van der Waals surface area contributed by atoms with Crippen LogP contribution in [0.15, 0.2) is 30.3 Å². The number of carbonyl (C=O) groups is 2. The smallest absolute Gasteiger partial charge is 0.408 e. The van der Waals surface area contributed by atoms with Crippen molar-refractivity contribution < 1.29 is 14.3 Å². The summed E-state index contributed by atoms with van der Waals surface area (Å²) in [4.78, 5) is 24.7. The van der Waals surface area contributed by atoms with E-state index in [1.807, 2.05) is 58.0 Å². The molecule has 0 radical (unpaired) electrons. The van der Waals surface area contributed by atoms with E-state index in [1.54, 1.807) is 0 Å². The largest absolute Gasteiger partial charge is 0.444 e. The summed E-state index contributed by atoms with van der Waals surface area (Å²) in [5.74, 6) is -0.474. The van der Waals surface area contributed by atoms with E-state index >= 15 is 0 Å². The maximum Gasteiger partial charge on any atom is 0.408 e. The molecular formula is C20H32N2O3. The molecule has 0 heterocycles. The highest BCUT2D eigenvalue weighted by molar-refractivity contribution is 5.80. The Balaban J connectivity index is 2.80. The molecule has 0 bridgehead atoms. The van der Waals surface area contributed by atoms with Crippen LogP contribution in [0.5, 0.6) is 0 Å². The molecule has 0 unspecified atom stereocenters. The van der Waals surface area contributed by atoms with Crippen LogP contribution in [-0.4, -0.2) is 24.1 Å². The first kappa shape index (κ1) is 21.0. The summed E-state index contributed by atoms with van der Waals surface area (Å²) in [5.41, 5.74) is 0.293. The predicted octanol–water partition coefficient (Wildman–Crippen LogP) is 4.19. The maximum absolute atomic E-state index is 12.5. The van der Waals surface area contributed by atoms with Crippen molar-refractivity contribution in [3.8, 4) is 0 Å². The molecule has 0 aromatic heterocycles. The summed E-state index contributed by atoms with van der Waals surface area (Å²) in [7, 11) is 0. The van der Waals surface area contributed by atoms with Crippen LogP contribution in [0.2, 0.25) is 0 Å². The molecule has 0 aliphatic carbocycles. The third-order valence-corrected chi connectivity index (χ3v) is 3.82. The van der Waals surface area contributed by atoms with Gasteiger partial charge in [-0.3, -0.25) is 4.79 Å². The van der Waals surface area contributed by atoms with Gasteiger partial charge in [-0.25, -0.2) is 4.79 Å². The van der Waals surface area contributed by atoms with E-state index < -0.39 is 23.7 Å². The van der Waals surface area contributed by atoms with Crippen LogP contribution in [0.25, 0.3) is 0 Å². The molecule has 0 saturated heterocycles. The number of carbonyl (C=O) groups excluding carboxylic acids is 2. The molecule has 140 valence electrons. The minimum absolute atomic E-state index is 0.0685. The van der Waals surface area contributed by atoms with Crippen molar-refractivity contribution in [2.75, 3.05) is 6.54 Å². The lowest BCUT2D eigenvalue weighted by Crippen LogP contribution is -2.42. The standard InChI is InChI=1S/C20H32N2O3/c1-6-7-11-14-21-18(23)15(2)17(16-12-9-8-10-13-16)22-19(24)25-20(3,4)5/h8-10,12-13,15,17H,6-7,11,14H2,1-5H3,(H,21,23)(H,22,24)/t15-,17-/m1/s1. The number of unbranched alkanes of at least 4 members (excludes halogenated alkanes) is 2. The minimum atomic E-state index is -0.586. The molecular weight excluding hydrogens is 316 g/mol. The fourth-order valence-electron chi connectivity index (χ4n) is 2.49. The van der Waals surface area contributed by atoms with Gasteiger partial charge in [-0.05, 0) is 32.8 Å². The number of nitrogens with one attached hydrogen (secondary N) is 2. The third kappa shape index (κ3) is 8.05. The molecule has 2 N–H and O–H groups in total. The molecule has 1 rings (SSSR count). The van der Waals surface area contributed by atoms with Gasteiger partial charge in [0.25, 0.3) is 0 Å². The number of ether oxygens (including phenoxy) is 1. The molecule has 0 aliphatic heterocycles. The minimum Gasteiger partial charge on any atom is -0.444 e. The second-order valence-corrected chi connectivity index (χ2v) is 7.32. The Labute approximate surface area is 151 Å². The summed E-state index contributed by atoms with van der Waals surface area (Å²) in [5, 5.41) is 5.81. The number of hydrogen-bond donors (Lipinski definition) is 2. The molecule has 25 heavy (non-hydrogen) atoms. The van der Waals surface area contributed by atoms with E-state index in [0.29, 0.717) is 6.54 Å². The lowest BCUT2D eigenvalue weighted by Gasteiger charge is -2.27. The SMILES string of the molecule is CCCCCNC(=O)[C@H](C)[C@@H](NC(=O)OC(C)(C)C)c1ccccc1. The quantitative estimate of drug-likeness (QED) is 0.692. The van der Waals surface area contributed by atoms with E-state index in [-0.39, 0.29) is 5.91 Å². The Morgan fingerprint density at radius 1 is 1.12 bits per heavy atom. The zero-order chi connectivity index (χ0) is 18.9. The number of benzene rings is 1. The lowest BCUT2D eigenvalue weighted by molar-refractivity contribution is -0.125. The summed E-state index contributed by atoms with van der Waals surface area (Å²) >= 11 is 0. The third-order valence-electron chi connectivity index (χ3n) is 3.82. The highest BCUT2D eigenvalue weighted by Crippen LogP contribution is 2.23. The molecule has 5 nitrogen and oxygen atoms in total. The average molecular weight is 348 g/mol. The van der Waals surface area contributed by atoms with Crippen molar-refractivity contribution in [2.24, 2.45) is 5.92 Å². The Morgan fingerprint density at radius 2 is 1.76 bits per heavy atom. The van der Waals surface area contributed by atoms with Gasteiger partial charge in [0.1, 0.15) is 5.60 Å². The van der Waals surface area contributed by atoms with Crippen LogP contribution in [0, 0.1) is 5.92 Å². The zero-order valence-electron chi connectivity index (χ0n) is 16.1. The van der Waals surface area contributed by atoms with Gasteiger partial charge in [0, 0.05) is 6.54 Å². The van der Waals surface area contributed by atoms with E-state index in [0.717, 1.165) is 24.8 Å². The van der Waals surface area contributed by atoms with Gasteiger partial charge in [0.2, 0.25) is 5.91 Å². The monoisotopic (exact) mass is 348 g/mol. The van der Waals surface area contributed by atoms with Crippen LogP contribution in [0.4, 0.5) is 4.79 Å². The summed E-state index contributed by atoms with van der Waals surface area (Å²) in [6.45, 7) is 10.0. The molecule has 1 aromatic carbocycles. The second kappa shape index (κ2) is 10.1. The Kier molecular flexibility index (Phi) is 8.46. The van der Waals surface area contributed by atoms with Crippen LogP contribution in [0.1, 0.15) is 65.5 Å². The van der Waals surface area contributed by atoms with E-state index in [2.05, 4.69) is 17.6 Å². The van der Waals surface area contributed by atoms with Crippen LogP contribution in [-0.2, 0) is 9.53 Å². The molecule has 0 fully saturated rings. The van der Waals surface area contributed by atoms with Gasteiger partial charge < -0.3 is 15.4 Å². The topological polar surface area (TPSA) is 67.4 Å². The van der Waals surface area contributed by atoms with E-state index in [9.17, 15) is 9.59 Å². The number of rotatable bonds is 8. The second-order valence-electron chi connectivity index (χ2n) is 7.32. The molecule has 2 atom stereocenters. The Morgan fingerprint density at radius 3 is 2.32 bits per heavy atom. The van der Waals surface area contributed by atoms with Crippen molar-refractivity contribution >= 4 is 12.0 Å².